The monoisotopic (exact) mass is 404 g/mol. The highest BCUT2D eigenvalue weighted by atomic mass is 35.5. The predicted octanol–water partition coefficient (Wildman–Crippen LogP) is 4.35. The summed E-state index contributed by atoms with van der Waals surface area (Å²) >= 11 is 7.74. The summed E-state index contributed by atoms with van der Waals surface area (Å²) in [6.45, 7) is 0. The Balaban J connectivity index is 1.85. The molecule has 2 aromatic carbocycles. The third-order valence-electron chi connectivity index (χ3n) is 4.06. The van der Waals surface area contributed by atoms with Crippen molar-refractivity contribution in [2.45, 2.75) is 12.5 Å². The second kappa shape index (κ2) is 8.41. The number of fused-ring (bicyclic) bond motifs is 1. The number of aromatic amines is 1. The summed E-state index contributed by atoms with van der Waals surface area (Å²) < 4.78 is 0. The van der Waals surface area contributed by atoms with Crippen molar-refractivity contribution in [2.24, 2.45) is 0 Å². The number of nitro groups is 1. The molecule has 27 heavy (non-hydrogen) atoms. The smallest absolute Gasteiger partial charge is 0.270 e. The van der Waals surface area contributed by atoms with Gasteiger partial charge in [-0.1, -0.05) is 23.7 Å². The number of imidazole rings is 1. The summed E-state index contributed by atoms with van der Waals surface area (Å²) in [4.78, 5) is 30.8. The molecule has 3 aromatic rings. The molecule has 0 radical (unpaired) electrons. The van der Waals surface area contributed by atoms with Crippen LogP contribution in [0.3, 0.4) is 0 Å². The maximum absolute atomic E-state index is 12.7. The number of nitro benzene ring substituents is 1. The molecule has 0 spiro atoms. The average molecular weight is 405 g/mol. The Labute approximate surface area is 164 Å². The number of H-pyrrole nitrogens is 1. The lowest BCUT2D eigenvalue weighted by atomic mass is 10.1. The number of nitrogens with zero attached hydrogens (tertiary/aromatic N) is 2. The van der Waals surface area contributed by atoms with E-state index < -0.39 is 10.8 Å². The largest absolute Gasteiger partial charge is 0.342 e. The number of nitrogens with one attached hydrogen (secondary N) is 2. The van der Waals surface area contributed by atoms with Crippen LogP contribution in [-0.2, 0) is 0 Å². The van der Waals surface area contributed by atoms with Crippen molar-refractivity contribution in [2.75, 3.05) is 12.0 Å². The molecule has 0 bridgehead atoms. The molecule has 1 amide bonds. The molecule has 1 atom stereocenters. The Morgan fingerprint density at radius 3 is 2.81 bits per heavy atom. The average Bonchev–Trinajstić information content (AvgIpc) is 3.08. The van der Waals surface area contributed by atoms with Crippen molar-refractivity contribution in [3.63, 3.8) is 0 Å². The SMILES string of the molecule is CSCC[C@@H](NC(=O)c1ccc([N+](=O)[O-])cc1Cl)c1nc2ccccc2[nH]1. The highest BCUT2D eigenvalue weighted by Crippen LogP contribution is 2.25. The summed E-state index contributed by atoms with van der Waals surface area (Å²) in [6, 6.07) is 11.1. The van der Waals surface area contributed by atoms with E-state index in [0.717, 1.165) is 16.8 Å². The van der Waals surface area contributed by atoms with Crippen molar-refractivity contribution in [3.8, 4) is 0 Å². The first-order valence-corrected chi connectivity index (χ1v) is 9.95. The molecule has 1 aromatic heterocycles. The molecule has 0 aliphatic heterocycles. The Hall–Kier alpha value is -2.58. The first kappa shape index (κ1) is 19.2. The van der Waals surface area contributed by atoms with Gasteiger partial charge in [0, 0.05) is 12.1 Å². The summed E-state index contributed by atoms with van der Waals surface area (Å²) in [5.74, 6) is 1.09. The second-order valence-electron chi connectivity index (χ2n) is 5.87. The topological polar surface area (TPSA) is 101 Å². The maximum Gasteiger partial charge on any atom is 0.270 e. The Morgan fingerprint density at radius 2 is 2.15 bits per heavy atom. The molecule has 0 saturated carbocycles. The second-order valence-corrected chi connectivity index (χ2v) is 7.26. The molecule has 2 N–H and O–H groups in total. The lowest BCUT2D eigenvalue weighted by Crippen LogP contribution is -2.30. The number of rotatable bonds is 7. The van der Waals surface area contributed by atoms with Gasteiger partial charge in [0.25, 0.3) is 11.6 Å². The number of non-ortho nitro benzene ring substituents is 1. The van der Waals surface area contributed by atoms with E-state index in [1.54, 1.807) is 11.8 Å². The molecule has 7 nitrogen and oxygen atoms in total. The van der Waals surface area contributed by atoms with Gasteiger partial charge in [0.1, 0.15) is 5.82 Å². The lowest BCUT2D eigenvalue weighted by molar-refractivity contribution is -0.384. The fourth-order valence-electron chi connectivity index (χ4n) is 2.69. The van der Waals surface area contributed by atoms with Crippen LogP contribution in [0.2, 0.25) is 5.02 Å². The number of thioether (sulfide) groups is 1. The van der Waals surface area contributed by atoms with Crippen molar-refractivity contribution >= 4 is 46.0 Å². The quantitative estimate of drug-likeness (QED) is 0.450. The molecule has 0 aliphatic rings. The van der Waals surface area contributed by atoms with Crippen LogP contribution < -0.4 is 5.32 Å². The minimum atomic E-state index is -0.552. The van der Waals surface area contributed by atoms with Gasteiger partial charge in [0.05, 0.1) is 32.6 Å². The van der Waals surface area contributed by atoms with E-state index in [2.05, 4.69) is 15.3 Å². The molecule has 1 heterocycles. The zero-order chi connectivity index (χ0) is 19.4. The third kappa shape index (κ3) is 4.40. The van der Waals surface area contributed by atoms with Gasteiger partial charge in [0.2, 0.25) is 0 Å². The molecule has 0 fully saturated rings. The molecular weight excluding hydrogens is 388 g/mol. The minimum absolute atomic E-state index is 0.0370. The molecule has 0 unspecified atom stereocenters. The van der Waals surface area contributed by atoms with Gasteiger partial charge in [-0.25, -0.2) is 4.98 Å². The van der Waals surface area contributed by atoms with Crippen LogP contribution in [0.4, 0.5) is 5.69 Å². The number of hydrogen-bond acceptors (Lipinski definition) is 5. The summed E-state index contributed by atoms with van der Waals surface area (Å²) in [6.07, 6.45) is 2.67. The van der Waals surface area contributed by atoms with Crippen LogP contribution in [0.1, 0.15) is 28.6 Å². The number of hydrogen-bond donors (Lipinski definition) is 2. The van der Waals surface area contributed by atoms with Crippen molar-refractivity contribution < 1.29 is 9.72 Å². The van der Waals surface area contributed by atoms with Gasteiger partial charge in [-0.15, -0.1) is 0 Å². The molecule has 0 saturated heterocycles. The van der Waals surface area contributed by atoms with E-state index in [4.69, 9.17) is 11.6 Å². The molecule has 0 aliphatic carbocycles. The van der Waals surface area contributed by atoms with Crippen molar-refractivity contribution in [1.82, 2.24) is 15.3 Å². The highest BCUT2D eigenvalue weighted by molar-refractivity contribution is 7.98. The molecular formula is C18H17ClN4O3S. The third-order valence-corrected chi connectivity index (χ3v) is 5.02. The Morgan fingerprint density at radius 1 is 1.37 bits per heavy atom. The minimum Gasteiger partial charge on any atom is -0.342 e. The Bertz CT molecular complexity index is 959. The summed E-state index contributed by atoms with van der Waals surface area (Å²) in [7, 11) is 0. The Kier molecular flexibility index (Phi) is 5.98. The predicted molar refractivity (Wildman–Crippen MR) is 107 cm³/mol. The zero-order valence-electron chi connectivity index (χ0n) is 14.4. The number of amides is 1. The van der Waals surface area contributed by atoms with E-state index in [-0.39, 0.29) is 22.3 Å². The summed E-state index contributed by atoms with van der Waals surface area (Å²) in [5, 5.41) is 13.8. The lowest BCUT2D eigenvalue weighted by Gasteiger charge is -2.16. The van der Waals surface area contributed by atoms with Gasteiger partial charge in [-0.3, -0.25) is 14.9 Å². The molecule has 3 rings (SSSR count). The van der Waals surface area contributed by atoms with E-state index >= 15 is 0 Å². The van der Waals surface area contributed by atoms with Crippen molar-refractivity contribution in [3.05, 3.63) is 69.0 Å². The van der Waals surface area contributed by atoms with Gasteiger partial charge in [-0.05, 0) is 36.6 Å². The van der Waals surface area contributed by atoms with Crippen LogP contribution in [0.5, 0.6) is 0 Å². The maximum atomic E-state index is 12.7. The number of benzene rings is 2. The first-order valence-electron chi connectivity index (χ1n) is 8.18. The van der Waals surface area contributed by atoms with E-state index in [9.17, 15) is 14.9 Å². The van der Waals surface area contributed by atoms with Gasteiger partial charge >= 0.3 is 0 Å². The first-order chi connectivity index (χ1) is 13.0. The number of carbonyl (C=O) groups is 1. The van der Waals surface area contributed by atoms with Gasteiger partial charge < -0.3 is 10.3 Å². The van der Waals surface area contributed by atoms with Crippen LogP contribution >= 0.6 is 23.4 Å². The van der Waals surface area contributed by atoms with E-state index in [0.29, 0.717) is 12.2 Å². The zero-order valence-corrected chi connectivity index (χ0v) is 16.0. The van der Waals surface area contributed by atoms with Gasteiger partial charge in [0.15, 0.2) is 0 Å². The van der Waals surface area contributed by atoms with Crippen LogP contribution in [0, 0.1) is 10.1 Å². The van der Waals surface area contributed by atoms with Crippen LogP contribution in [0.25, 0.3) is 11.0 Å². The van der Waals surface area contributed by atoms with E-state index in [1.165, 1.54) is 18.2 Å². The van der Waals surface area contributed by atoms with Gasteiger partial charge in [-0.2, -0.15) is 11.8 Å². The number of carbonyl (C=O) groups excluding carboxylic acids is 1. The van der Waals surface area contributed by atoms with Crippen molar-refractivity contribution in [1.29, 1.82) is 0 Å². The van der Waals surface area contributed by atoms with Crippen LogP contribution in [-0.4, -0.2) is 32.8 Å². The summed E-state index contributed by atoms with van der Waals surface area (Å²) in [5.41, 5.74) is 1.74. The van der Waals surface area contributed by atoms with E-state index in [1.807, 2.05) is 30.5 Å². The normalized spacial score (nSPS) is 12.1. The fourth-order valence-corrected chi connectivity index (χ4v) is 3.42. The number of halogens is 1. The fraction of sp³-hybridized carbons (Fsp3) is 0.222. The number of para-hydroxylation sites is 2. The highest BCUT2D eigenvalue weighted by Gasteiger charge is 2.21. The van der Waals surface area contributed by atoms with Crippen LogP contribution in [0.15, 0.2) is 42.5 Å². The number of aromatic nitrogens is 2. The molecule has 9 heteroatoms. The molecule has 140 valence electrons. The standard InChI is InChI=1S/C18H17ClN4O3S/c1-27-9-8-16(17-20-14-4-2-3-5-15(14)21-17)22-18(24)12-7-6-11(23(25)26)10-13(12)19/h2-7,10,16H,8-9H2,1H3,(H,20,21)(H,22,24)/t16-/m1/s1.